The third-order valence-electron chi connectivity index (χ3n) is 2.25. The fourth-order valence-corrected chi connectivity index (χ4v) is 2.03. The number of nitrogens with one attached hydrogen (secondary N) is 2. The Hall–Kier alpha value is -1.07. The van der Waals surface area contributed by atoms with Crippen molar-refractivity contribution in [2.75, 3.05) is 26.8 Å². The molecule has 0 amide bonds. The number of thiophene rings is 1. The van der Waals surface area contributed by atoms with Crippen LogP contribution in [0, 0.1) is 5.92 Å². The molecule has 102 valence electrons. The first kappa shape index (κ1) is 15.0. The first-order valence-corrected chi connectivity index (χ1v) is 7.20. The Kier molecular flexibility index (Phi) is 7.44. The molecule has 0 unspecified atom stereocenters. The van der Waals surface area contributed by atoms with E-state index in [1.165, 1.54) is 5.56 Å². The van der Waals surface area contributed by atoms with Crippen LogP contribution < -0.4 is 10.6 Å². The van der Waals surface area contributed by atoms with Gasteiger partial charge in [-0.25, -0.2) is 0 Å². The van der Waals surface area contributed by atoms with Crippen LogP contribution in [0.25, 0.3) is 0 Å². The maximum absolute atomic E-state index is 5.50. The lowest BCUT2D eigenvalue weighted by Gasteiger charge is -2.12. The largest absolute Gasteiger partial charge is 0.379 e. The van der Waals surface area contributed by atoms with Crippen LogP contribution in [0.1, 0.15) is 19.4 Å². The van der Waals surface area contributed by atoms with Crippen molar-refractivity contribution in [1.29, 1.82) is 0 Å². The van der Waals surface area contributed by atoms with Gasteiger partial charge in [0.15, 0.2) is 5.96 Å². The van der Waals surface area contributed by atoms with Crippen molar-refractivity contribution in [2.24, 2.45) is 10.9 Å². The van der Waals surface area contributed by atoms with E-state index in [0.29, 0.717) is 12.5 Å². The zero-order valence-corrected chi connectivity index (χ0v) is 12.2. The van der Waals surface area contributed by atoms with E-state index >= 15 is 0 Å². The van der Waals surface area contributed by atoms with Gasteiger partial charge < -0.3 is 15.4 Å². The topological polar surface area (TPSA) is 45.7 Å². The van der Waals surface area contributed by atoms with Crippen LogP contribution in [0.15, 0.2) is 21.8 Å². The Morgan fingerprint density at radius 3 is 2.89 bits per heavy atom. The highest BCUT2D eigenvalue weighted by Gasteiger charge is 1.98. The van der Waals surface area contributed by atoms with E-state index in [0.717, 1.165) is 25.7 Å². The molecule has 0 saturated heterocycles. The first-order chi connectivity index (χ1) is 8.72. The molecule has 0 radical (unpaired) electrons. The number of hydrogen-bond donors (Lipinski definition) is 2. The summed E-state index contributed by atoms with van der Waals surface area (Å²) in [5.41, 5.74) is 1.28. The quantitative estimate of drug-likeness (QED) is 0.452. The summed E-state index contributed by atoms with van der Waals surface area (Å²) >= 11 is 1.71. The average Bonchev–Trinajstić information content (AvgIpc) is 2.85. The molecule has 1 aromatic rings. The highest BCUT2D eigenvalue weighted by Crippen LogP contribution is 2.04. The van der Waals surface area contributed by atoms with Crippen molar-refractivity contribution in [2.45, 2.75) is 20.4 Å². The number of hydrogen-bond acceptors (Lipinski definition) is 3. The average molecular weight is 269 g/mol. The molecule has 18 heavy (non-hydrogen) atoms. The van der Waals surface area contributed by atoms with Crippen molar-refractivity contribution < 1.29 is 4.74 Å². The number of nitrogens with zero attached hydrogens (tertiary/aromatic N) is 1. The molecule has 0 atom stereocenters. The van der Waals surface area contributed by atoms with E-state index in [4.69, 9.17) is 4.74 Å². The van der Waals surface area contributed by atoms with E-state index in [1.54, 1.807) is 18.4 Å². The number of aliphatic imine (C=N–C) groups is 1. The third kappa shape index (κ3) is 6.61. The molecular formula is C13H23N3OS. The molecule has 0 fully saturated rings. The maximum atomic E-state index is 5.50. The van der Waals surface area contributed by atoms with E-state index in [-0.39, 0.29) is 0 Å². The predicted molar refractivity (Wildman–Crippen MR) is 78.2 cm³/mol. The smallest absolute Gasteiger partial charge is 0.191 e. The van der Waals surface area contributed by atoms with Crippen LogP contribution in [0.5, 0.6) is 0 Å². The summed E-state index contributed by atoms with van der Waals surface area (Å²) in [6.07, 6.45) is 0. The van der Waals surface area contributed by atoms with Gasteiger partial charge in [0.25, 0.3) is 0 Å². The fraction of sp³-hybridized carbons (Fsp3) is 0.615. The minimum atomic E-state index is 0.584. The Balaban J connectivity index is 2.10. The molecule has 0 aliphatic carbocycles. The molecule has 1 aromatic heterocycles. The van der Waals surface area contributed by atoms with E-state index in [1.807, 2.05) is 0 Å². The van der Waals surface area contributed by atoms with Gasteiger partial charge in [-0.3, -0.25) is 4.99 Å². The second-order valence-electron chi connectivity index (χ2n) is 4.45. The van der Waals surface area contributed by atoms with E-state index < -0.39 is 0 Å². The van der Waals surface area contributed by atoms with E-state index in [9.17, 15) is 0 Å². The summed E-state index contributed by atoms with van der Waals surface area (Å²) in [5, 5.41) is 10.7. The molecule has 0 aromatic carbocycles. The molecule has 0 spiro atoms. The number of ether oxygens (including phenoxy) is 1. The minimum absolute atomic E-state index is 0.584. The highest BCUT2D eigenvalue weighted by molar-refractivity contribution is 7.07. The lowest BCUT2D eigenvalue weighted by Crippen LogP contribution is -2.38. The zero-order valence-electron chi connectivity index (χ0n) is 11.4. The van der Waals surface area contributed by atoms with Crippen molar-refractivity contribution in [1.82, 2.24) is 10.6 Å². The summed E-state index contributed by atoms with van der Waals surface area (Å²) in [6.45, 7) is 7.38. The normalized spacial score (nSPS) is 11.9. The van der Waals surface area contributed by atoms with Crippen molar-refractivity contribution in [3.8, 4) is 0 Å². The molecule has 0 aliphatic rings. The fourth-order valence-electron chi connectivity index (χ4n) is 1.36. The summed E-state index contributed by atoms with van der Waals surface area (Å²) in [7, 11) is 1.78. The van der Waals surface area contributed by atoms with Gasteiger partial charge in [0, 0.05) is 26.7 Å². The van der Waals surface area contributed by atoms with Crippen LogP contribution in [0.2, 0.25) is 0 Å². The van der Waals surface area contributed by atoms with Gasteiger partial charge in [0.05, 0.1) is 6.61 Å². The third-order valence-corrected chi connectivity index (χ3v) is 2.99. The molecule has 4 nitrogen and oxygen atoms in total. The van der Waals surface area contributed by atoms with Gasteiger partial charge >= 0.3 is 0 Å². The Bertz CT molecular complexity index is 336. The van der Waals surface area contributed by atoms with Crippen LogP contribution in [-0.2, 0) is 11.3 Å². The van der Waals surface area contributed by atoms with Gasteiger partial charge in [-0.1, -0.05) is 13.8 Å². The molecule has 5 heteroatoms. The summed E-state index contributed by atoms with van der Waals surface area (Å²) in [4.78, 5) is 4.16. The Labute approximate surface area is 113 Å². The molecule has 1 heterocycles. The van der Waals surface area contributed by atoms with Crippen LogP contribution in [0.3, 0.4) is 0 Å². The van der Waals surface area contributed by atoms with Crippen LogP contribution in [0.4, 0.5) is 0 Å². The molecule has 0 bridgehead atoms. The van der Waals surface area contributed by atoms with E-state index in [2.05, 4.69) is 46.3 Å². The standard InChI is InChI=1S/C13H23N3OS/c1-11(2)9-17-6-5-15-13(14-3)16-8-12-4-7-18-10-12/h4,7,10-11H,5-6,8-9H2,1-3H3,(H2,14,15,16). The summed E-state index contributed by atoms with van der Waals surface area (Å²) in [6, 6.07) is 2.11. The lowest BCUT2D eigenvalue weighted by atomic mass is 10.2. The lowest BCUT2D eigenvalue weighted by molar-refractivity contribution is 0.114. The highest BCUT2D eigenvalue weighted by atomic mass is 32.1. The van der Waals surface area contributed by atoms with Gasteiger partial charge in [-0.05, 0) is 28.3 Å². The van der Waals surface area contributed by atoms with Crippen LogP contribution in [-0.4, -0.2) is 32.8 Å². The van der Waals surface area contributed by atoms with Crippen molar-refractivity contribution in [3.05, 3.63) is 22.4 Å². The second kappa shape index (κ2) is 8.94. The molecule has 0 saturated carbocycles. The number of rotatable bonds is 7. The van der Waals surface area contributed by atoms with Gasteiger partial charge in [0.2, 0.25) is 0 Å². The molecule has 0 aliphatic heterocycles. The first-order valence-electron chi connectivity index (χ1n) is 6.25. The molecule has 1 rings (SSSR count). The monoisotopic (exact) mass is 269 g/mol. The summed E-state index contributed by atoms with van der Waals surface area (Å²) in [5.74, 6) is 1.40. The SMILES string of the molecule is CN=C(NCCOCC(C)C)NCc1ccsc1. The van der Waals surface area contributed by atoms with Gasteiger partial charge in [-0.2, -0.15) is 11.3 Å². The Morgan fingerprint density at radius 1 is 1.44 bits per heavy atom. The van der Waals surface area contributed by atoms with Gasteiger partial charge in [0.1, 0.15) is 0 Å². The molecule has 2 N–H and O–H groups in total. The second-order valence-corrected chi connectivity index (χ2v) is 5.23. The zero-order chi connectivity index (χ0) is 13.2. The van der Waals surface area contributed by atoms with Crippen LogP contribution >= 0.6 is 11.3 Å². The van der Waals surface area contributed by atoms with Gasteiger partial charge in [-0.15, -0.1) is 0 Å². The van der Waals surface area contributed by atoms with Crippen molar-refractivity contribution >= 4 is 17.3 Å². The molecular weight excluding hydrogens is 246 g/mol. The minimum Gasteiger partial charge on any atom is -0.379 e. The van der Waals surface area contributed by atoms with Crippen molar-refractivity contribution in [3.63, 3.8) is 0 Å². The summed E-state index contributed by atoms with van der Waals surface area (Å²) < 4.78 is 5.50. The Morgan fingerprint density at radius 2 is 2.28 bits per heavy atom. The predicted octanol–water partition coefficient (Wildman–Crippen LogP) is 2.09. The maximum Gasteiger partial charge on any atom is 0.191 e. The number of guanidine groups is 1.